The van der Waals surface area contributed by atoms with Crippen LogP contribution < -0.4 is 20.4 Å². The number of rotatable bonds is 11. The molecule has 0 fully saturated rings. The zero-order valence-corrected chi connectivity index (χ0v) is 42.0. The fourth-order valence-electron chi connectivity index (χ4n) is 6.46. The fourth-order valence-corrected chi connectivity index (χ4v) is 6.46. The van der Waals surface area contributed by atoms with Crippen LogP contribution in [0.1, 0.15) is 74.9 Å². The fraction of sp³-hybridized carbons (Fsp3) is 0.167. The van der Waals surface area contributed by atoms with E-state index in [4.69, 9.17) is 0 Å². The third kappa shape index (κ3) is 11.4. The molecule has 0 aromatic heterocycles. The molecule has 0 N–H and O–H groups in total. The third-order valence-corrected chi connectivity index (χ3v) is 9.80. The molecule has 6 aromatic rings. The summed E-state index contributed by atoms with van der Waals surface area (Å²) >= 11 is 0. The quantitative estimate of drug-likeness (QED) is 0.0525. The smallest absolute Gasteiger partial charge is 0.872 e. The first-order valence-corrected chi connectivity index (χ1v) is 19.3. The van der Waals surface area contributed by atoms with Crippen LogP contribution in [0.25, 0.3) is 11.1 Å². The van der Waals surface area contributed by atoms with Crippen molar-refractivity contribution in [2.24, 2.45) is 20.0 Å². The van der Waals surface area contributed by atoms with Crippen LogP contribution in [0.15, 0.2) is 129 Å². The predicted molar refractivity (Wildman–Crippen MR) is 235 cm³/mol. The largest absolute Gasteiger partial charge is 2.00 e. The molecule has 0 saturated carbocycles. The summed E-state index contributed by atoms with van der Waals surface area (Å²) in [5.41, 5.74) is 2.03. The van der Waals surface area contributed by atoms with Gasteiger partial charge in [0.25, 0.3) is 11.4 Å². The number of para-hydroxylation sites is 4. The van der Waals surface area contributed by atoms with E-state index >= 15 is 0 Å². The molecule has 0 unspecified atom stereocenters. The molecule has 16 heteroatoms. The Bertz CT molecular complexity index is 2650. The van der Waals surface area contributed by atoms with Crippen molar-refractivity contribution in [3.8, 4) is 34.1 Å². The molecule has 314 valence electrons. The molecule has 6 aromatic carbocycles. The van der Waals surface area contributed by atoms with Gasteiger partial charge in [0.2, 0.25) is 0 Å². The zero-order valence-electron chi connectivity index (χ0n) is 36.1. The van der Waals surface area contributed by atoms with Gasteiger partial charge in [-0.3, -0.25) is 40.2 Å². The Hall–Kier alpha value is -6.75. The van der Waals surface area contributed by atoms with Crippen LogP contribution >= 0.6 is 0 Å². The summed E-state index contributed by atoms with van der Waals surface area (Å²) in [4.78, 5) is 39.8. The molecule has 0 aliphatic rings. The first kappa shape index (κ1) is 49.9. The minimum absolute atomic E-state index is 0. The molecule has 0 saturated heterocycles. The Labute approximate surface area is 395 Å². The second-order valence-electron chi connectivity index (χ2n) is 16.3. The van der Waals surface area contributed by atoms with Gasteiger partial charge in [-0.1, -0.05) is 126 Å². The SMILES string of the molecule is CC(C)(C)c1cccc(C=Nc2ccc(-c3ccc(N=Cc4cccc(C(C)(C)C)c4[O-])c(N=Cc4cccc([N+](=O)[O-])c4[O-])c3)cc2N=Cc2cccc([N+](=O)[O-])c2[O-])c1[O-].[Zn+2].[Zn+2]. The van der Waals surface area contributed by atoms with Gasteiger partial charge in [-0.05, 0) is 91.1 Å². The maximum Gasteiger partial charge on any atom is 2.00 e. The Morgan fingerprint density at radius 1 is 0.422 bits per heavy atom. The molecule has 0 bridgehead atoms. The van der Waals surface area contributed by atoms with Gasteiger partial charge in [-0.25, -0.2) is 0 Å². The van der Waals surface area contributed by atoms with Gasteiger partial charge >= 0.3 is 39.0 Å². The maximum absolute atomic E-state index is 13.4. The minimum Gasteiger partial charge on any atom is -0.872 e. The van der Waals surface area contributed by atoms with E-state index in [2.05, 4.69) is 20.0 Å². The Kier molecular flexibility index (Phi) is 16.1. The van der Waals surface area contributed by atoms with Gasteiger partial charge < -0.3 is 20.4 Å². The summed E-state index contributed by atoms with van der Waals surface area (Å²) in [5, 5.41) is 75.5. The summed E-state index contributed by atoms with van der Waals surface area (Å²) in [7, 11) is 0. The van der Waals surface area contributed by atoms with Gasteiger partial charge in [0.15, 0.2) is 0 Å². The zero-order chi connectivity index (χ0) is 44.9. The van der Waals surface area contributed by atoms with E-state index in [9.17, 15) is 40.7 Å². The van der Waals surface area contributed by atoms with Crippen LogP contribution in [-0.2, 0) is 49.8 Å². The molecule has 0 amide bonds. The van der Waals surface area contributed by atoms with Crippen molar-refractivity contribution >= 4 is 59.0 Å². The van der Waals surface area contributed by atoms with Crippen LogP contribution in [0, 0.1) is 20.2 Å². The first-order chi connectivity index (χ1) is 29.3. The molecule has 0 aliphatic carbocycles. The van der Waals surface area contributed by atoms with E-state index in [1.807, 2.05) is 41.5 Å². The van der Waals surface area contributed by atoms with Crippen LogP contribution in [0.5, 0.6) is 23.0 Å². The van der Waals surface area contributed by atoms with Crippen LogP contribution in [-0.4, -0.2) is 34.7 Å². The van der Waals surface area contributed by atoms with E-state index in [0.717, 1.165) is 12.1 Å². The summed E-state index contributed by atoms with van der Waals surface area (Å²) in [5.74, 6) is -2.02. The summed E-state index contributed by atoms with van der Waals surface area (Å²) in [6, 6.07) is 28.3. The second-order valence-corrected chi connectivity index (χ2v) is 16.3. The Morgan fingerprint density at radius 3 is 1.03 bits per heavy atom. The standard InChI is InChI=1S/C48H44N6O8.2Zn/c1-47(2,3)35-15-7-11-31(43(35)55)25-49-37-21-19-29(23-39(37)51-27-33-13-9-17-41(45(33)57)53(59)60)30-20-22-38(50-26-32-12-8-16-36(44(32)56)48(4,5)6)40(24-30)52-28-34-14-10-18-42(46(34)58)54(61)62;;/h7-28,55-58H,1-6H3;;/q;2*+2/p-4. The van der Waals surface area contributed by atoms with Crippen molar-refractivity contribution in [3.63, 3.8) is 0 Å². The number of benzene rings is 6. The molecule has 0 atom stereocenters. The number of aliphatic imine (C=N–C) groups is 4. The number of nitrogens with zero attached hydrogens (tertiary/aromatic N) is 6. The van der Waals surface area contributed by atoms with E-state index in [1.165, 1.54) is 49.1 Å². The monoisotopic (exact) mass is 956 g/mol. The topological polar surface area (TPSA) is 228 Å². The molecule has 6 rings (SSSR count). The average molecular weight is 960 g/mol. The van der Waals surface area contributed by atoms with Crippen molar-refractivity contribution < 1.29 is 69.2 Å². The van der Waals surface area contributed by atoms with Gasteiger partial charge in [0.05, 0.1) is 32.6 Å². The first-order valence-electron chi connectivity index (χ1n) is 19.3. The van der Waals surface area contributed by atoms with Crippen molar-refractivity contribution in [1.29, 1.82) is 0 Å². The van der Waals surface area contributed by atoms with E-state index in [0.29, 0.717) is 44.8 Å². The summed E-state index contributed by atoms with van der Waals surface area (Å²) in [6.07, 6.45) is 5.28. The third-order valence-electron chi connectivity index (χ3n) is 9.80. The van der Waals surface area contributed by atoms with Crippen molar-refractivity contribution in [1.82, 2.24) is 0 Å². The second kappa shape index (κ2) is 20.6. The average Bonchev–Trinajstić information content (AvgIpc) is 3.21. The van der Waals surface area contributed by atoms with E-state index in [1.54, 1.807) is 72.8 Å². The molecule has 0 aliphatic heterocycles. The maximum atomic E-state index is 13.4. The number of nitro benzene ring substituents is 2. The minimum atomic E-state index is -0.824. The van der Waals surface area contributed by atoms with Crippen LogP contribution in [0.3, 0.4) is 0 Å². The van der Waals surface area contributed by atoms with Crippen LogP contribution in [0.2, 0.25) is 0 Å². The number of hydrogen-bond acceptors (Lipinski definition) is 12. The van der Waals surface area contributed by atoms with E-state index in [-0.39, 0.29) is 73.0 Å². The molecular formula is C48H40N6O8Zn2. The van der Waals surface area contributed by atoms with E-state index < -0.39 is 43.6 Å². The van der Waals surface area contributed by atoms with Crippen molar-refractivity contribution in [2.75, 3.05) is 0 Å². The van der Waals surface area contributed by atoms with Crippen molar-refractivity contribution in [2.45, 2.75) is 52.4 Å². The number of hydrogen-bond donors (Lipinski definition) is 0. The van der Waals surface area contributed by atoms with Crippen molar-refractivity contribution in [3.05, 3.63) is 163 Å². The molecule has 64 heavy (non-hydrogen) atoms. The van der Waals surface area contributed by atoms with Gasteiger partial charge in [-0.2, -0.15) is 0 Å². The van der Waals surface area contributed by atoms with Crippen LogP contribution in [0.4, 0.5) is 34.1 Å². The van der Waals surface area contributed by atoms with Gasteiger partial charge in [0, 0.05) is 37.0 Å². The van der Waals surface area contributed by atoms with Gasteiger partial charge in [0.1, 0.15) is 0 Å². The predicted octanol–water partition coefficient (Wildman–Crippen LogP) is 9.06. The normalized spacial score (nSPS) is 11.9. The summed E-state index contributed by atoms with van der Waals surface area (Å²) < 4.78 is 0. The number of nitro groups is 2. The Morgan fingerprint density at radius 2 is 0.719 bits per heavy atom. The molecule has 14 nitrogen and oxygen atoms in total. The molecule has 0 radical (unpaired) electrons. The van der Waals surface area contributed by atoms with Gasteiger partial charge in [-0.15, -0.1) is 0 Å². The Balaban J connectivity index is 0.00000449. The summed E-state index contributed by atoms with van der Waals surface area (Å²) in [6.45, 7) is 11.6. The molecule has 0 spiro atoms. The molecule has 0 heterocycles. The molecular weight excluding hydrogens is 919 g/mol.